The number of amides is 1. The van der Waals surface area contributed by atoms with Crippen LogP contribution >= 0.6 is 11.6 Å². The van der Waals surface area contributed by atoms with Gasteiger partial charge < -0.3 is 10.1 Å². The van der Waals surface area contributed by atoms with Crippen LogP contribution in [0, 0.1) is 5.82 Å². The minimum atomic E-state index is -0.471. The molecule has 1 unspecified atom stereocenters. The van der Waals surface area contributed by atoms with Crippen LogP contribution in [0.2, 0.25) is 5.02 Å². The van der Waals surface area contributed by atoms with Crippen molar-refractivity contribution in [2.24, 2.45) is 0 Å². The van der Waals surface area contributed by atoms with E-state index in [1.165, 1.54) is 0 Å². The highest BCUT2D eigenvalue weighted by molar-refractivity contribution is 6.31. The minimum absolute atomic E-state index is 0.0667. The molecule has 20 heavy (non-hydrogen) atoms. The van der Waals surface area contributed by atoms with Crippen LogP contribution in [0.15, 0.2) is 6.07 Å². The zero-order chi connectivity index (χ0) is 14.9. The first kappa shape index (κ1) is 15.1. The molecule has 1 aromatic carbocycles. The summed E-state index contributed by atoms with van der Waals surface area (Å²) in [5, 5.41) is 2.82. The molecular formula is C15H19ClFNO2. The standard InChI is InChI=1S/C15H19ClFNO2/c1-4-20-15-10(8(2)3)6-11(16)14(17)13(15)9-5-12(19)18-7-9/h6,8-9H,4-5,7H2,1-3H3,(H,18,19). The zero-order valence-corrected chi connectivity index (χ0v) is 12.7. The van der Waals surface area contributed by atoms with Crippen molar-refractivity contribution >= 4 is 17.5 Å². The average Bonchev–Trinajstić information content (AvgIpc) is 2.80. The van der Waals surface area contributed by atoms with Crippen molar-refractivity contribution in [3.63, 3.8) is 0 Å². The Balaban J connectivity index is 2.59. The summed E-state index contributed by atoms with van der Waals surface area (Å²) < 4.78 is 20.1. The summed E-state index contributed by atoms with van der Waals surface area (Å²) in [7, 11) is 0. The molecule has 1 fully saturated rings. The quantitative estimate of drug-likeness (QED) is 0.922. The number of nitrogens with one attached hydrogen (secondary N) is 1. The van der Waals surface area contributed by atoms with Gasteiger partial charge in [-0.3, -0.25) is 4.79 Å². The lowest BCUT2D eigenvalue weighted by Crippen LogP contribution is -2.14. The maximum Gasteiger partial charge on any atom is 0.220 e. The highest BCUT2D eigenvalue weighted by Gasteiger charge is 2.31. The summed E-state index contributed by atoms with van der Waals surface area (Å²) >= 11 is 6.01. The average molecular weight is 300 g/mol. The van der Waals surface area contributed by atoms with Gasteiger partial charge in [-0.05, 0) is 24.5 Å². The lowest BCUT2D eigenvalue weighted by molar-refractivity contribution is -0.119. The lowest BCUT2D eigenvalue weighted by atomic mass is 9.91. The Morgan fingerprint density at radius 2 is 2.25 bits per heavy atom. The van der Waals surface area contributed by atoms with Crippen molar-refractivity contribution in [3.8, 4) is 5.75 Å². The van der Waals surface area contributed by atoms with Crippen molar-refractivity contribution in [3.05, 3.63) is 28.0 Å². The first-order valence-corrected chi connectivity index (χ1v) is 7.24. The van der Waals surface area contributed by atoms with Crippen LogP contribution in [0.1, 0.15) is 50.2 Å². The Morgan fingerprint density at radius 3 is 2.75 bits per heavy atom. The molecular weight excluding hydrogens is 281 g/mol. The number of hydrogen-bond acceptors (Lipinski definition) is 2. The monoisotopic (exact) mass is 299 g/mol. The van der Waals surface area contributed by atoms with Gasteiger partial charge in [-0.25, -0.2) is 4.39 Å². The molecule has 0 aliphatic carbocycles. The van der Waals surface area contributed by atoms with E-state index in [0.29, 0.717) is 24.5 Å². The predicted octanol–water partition coefficient (Wildman–Crippen LogP) is 3.60. The fourth-order valence-corrected chi connectivity index (χ4v) is 2.78. The third kappa shape index (κ3) is 2.75. The van der Waals surface area contributed by atoms with Gasteiger partial charge in [0, 0.05) is 24.4 Å². The summed E-state index contributed by atoms with van der Waals surface area (Å²) in [6.07, 6.45) is 0.273. The molecule has 0 spiro atoms. The molecule has 1 aliphatic rings. The molecule has 5 heteroatoms. The summed E-state index contributed by atoms with van der Waals surface area (Å²) in [5.74, 6) is -0.0476. The summed E-state index contributed by atoms with van der Waals surface area (Å²) in [4.78, 5) is 11.4. The van der Waals surface area contributed by atoms with Gasteiger partial charge in [-0.15, -0.1) is 0 Å². The molecule has 0 saturated carbocycles. The van der Waals surface area contributed by atoms with Crippen molar-refractivity contribution < 1.29 is 13.9 Å². The minimum Gasteiger partial charge on any atom is -0.493 e. The molecule has 1 N–H and O–H groups in total. The zero-order valence-electron chi connectivity index (χ0n) is 11.9. The Morgan fingerprint density at radius 1 is 1.55 bits per heavy atom. The van der Waals surface area contributed by atoms with Crippen molar-refractivity contribution in [2.75, 3.05) is 13.2 Å². The molecule has 1 aliphatic heterocycles. The molecule has 110 valence electrons. The van der Waals surface area contributed by atoms with E-state index in [-0.39, 0.29) is 29.2 Å². The highest BCUT2D eigenvalue weighted by Crippen LogP contribution is 2.41. The Bertz CT molecular complexity index is 531. The van der Waals surface area contributed by atoms with Gasteiger partial charge in [-0.1, -0.05) is 25.4 Å². The van der Waals surface area contributed by atoms with E-state index in [9.17, 15) is 9.18 Å². The SMILES string of the molecule is CCOc1c(C(C)C)cc(Cl)c(F)c1C1CNC(=O)C1. The normalized spacial score (nSPS) is 18.5. The first-order valence-electron chi connectivity index (χ1n) is 6.86. The van der Waals surface area contributed by atoms with Gasteiger partial charge >= 0.3 is 0 Å². The van der Waals surface area contributed by atoms with E-state index in [0.717, 1.165) is 5.56 Å². The van der Waals surface area contributed by atoms with E-state index in [1.807, 2.05) is 20.8 Å². The molecule has 0 radical (unpaired) electrons. The van der Waals surface area contributed by atoms with Gasteiger partial charge in [0.2, 0.25) is 5.91 Å². The molecule has 0 bridgehead atoms. The highest BCUT2D eigenvalue weighted by atomic mass is 35.5. The topological polar surface area (TPSA) is 38.3 Å². The van der Waals surface area contributed by atoms with Gasteiger partial charge in [0.05, 0.1) is 11.6 Å². The van der Waals surface area contributed by atoms with Crippen LogP contribution in [0.5, 0.6) is 5.75 Å². The lowest BCUT2D eigenvalue weighted by Gasteiger charge is -2.21. The summed E-state index contributed by atoms with van der Waals surface area (Å²) in [6, 6.07) is 1.63. The van der Waals surface area contributed by atoms with Crippen LogP contribution < -0.4 is 10.1 Å². The van der Waals surface area contributed by atoms with E-state index >= 15 is 0 Å². The third-order valence-corrected chi connectivity index (χ3v) is 3.81. The second kappa shape index (κ2) is 6.00. The molecule has 2 rings (SSSR count). The fraction of sp³-hybridized carbons (Fsp3) is 0.533. The number of halogens is 2. The molecule has 0 aromatic heterocycles. The molecule has 1 atom stereocenters. The second-order valence-electron chi connectivity index (χ2n) is 5.30. The predicted molar refractivity (Wildman–Crippen MR) is 77.0 cm³/mol. The van der Waals surface area contributed by atoms with Crippen LogP contribution in [-0.2, 0) is 4.79 Å². The molecule has 3 nitrogen and oxygen atoms in total. The Labute approximate surface area is 123 Å². The van der Waals surface area contributed by atoms with Crippen molar-refractivity contribution in [1.29, 1.82) is 0 Å². The smallest absolute Gasteiger partial charge is 0.220 e. The van der Waals surface area contributed by atoms with Gasteiger partial charge in [-0.2, -0.15) is 0 Å². The molecule has 1 saturated heterocycles. The van der Waals surface area contributed by atoms with Crippen molar-refractivity contribution in [1.82, 2.24) is 5.32 Å². The number of ether oxygens (including phenoxy) is 1. The first-order chi connectivity index (χ1) is 9.45. The number of carbonyl (C=O) groups is 1. The summed E-state index contributed by atoms with van der Waals surface area (Å²) in [5.41, 5.74) is 1.31. The third-order valence-electron chi connectivity index (χ3n) is 3.53. The number of hydrogen-bond donors (Lipinski definition) is 1. The number of carbonyl (C=O) groups excluding carboxylic acids is 1. The van der Waals surface area contributed by atoms with E-state index in [4.69, 9.17) is 16.3 Å². The molecule has 1 heterocycles. The largest absolute Gasteiger partial charge is 0.493 e. The summed E-state index contributed by atoms with van der Waals surface area (Å²) in [6.45, 7) is 6.75. The van der Waals surface area contributed by atoms with Crippen LogP contribution in [-0.4, -0.2) is 19.1 Å². The van der Waals surface area contributed by atoms with Crippen LogP contribution in [0.25, 0.3) is 0 Å². The number of rotatable bonds is 4. The maximum absolute atomic E-state index is 14.5. The van der Waals surface area contributed by atoms with Gasteiger partial charge in [0.15, 0.2) is 0 Å². The van der Waals surface area contributed by atoms with E-state index < -0.39 is 5.82 Å². The van der Waals surface area contributed by atoms with E-state index in [2.05, 4.69) is 5.32 Å². The Kier molecular flexibility index (Phi) is 4.53. The fourth-order valence-electron chi connectivity index (χ4n) is 2.56. The second-order valence-corrected chi connectivity index (χ2v) is 5.70. The Hall–Kier alpha value is -1.29. The maximum atomic E-state index is 14.5. The van der Waals surface area contributed by atoms with Gasteiger partial charge in [0.25, 0.3) is 0 Å². The van der Waals surface area contributed by atoms with E-state index in [1.54, 1.807) is 6.07 Å². The molecule has 1 aromatic rings. The van der Waals surface area contributed by atoms with Crippen LogP contribution in [0.4, 0.5) is 4.39 Å². The van der Waals surface area contributed by atoms with Crippen molar-refractivity contribution in [2.45, 2.75) is 39.0 Å². The molecule has 1 amide bonds. The van der Waals surface area contributed by atoms with Gasteiger partial charge in [0.1, 0.15) is 11.6 Å². The van der Waals surface area contributed by atoms with Crippen LogP contribution in [0.3, 0.4) is 0 Å². The number of benzene rings is 1.